The van der Waals surface area contributed by atoms with Crippen molar-refractivity contribution < 1.29 is 40.8 Å². The summed E-state index contributed by atoms with van der Waals surface area (Å²) in [4.78, 5) is 12.8. The van der Waals surface area contributed by atoms with Gasteiger partial charge in [-0.25, -0.2) is 8.78 Å². The zero-order valence-electron chi connectivity index (χ0n) is 29.2. The average molecular weight is 728 g/mol. The number of hydrogen-bond acceptors (Lipinski definition) is 7. The molecule has 0 radical (unpaired) electrons. The van der Waals surface area contributed by atoms with Crippen molar-refractivity contribution in [2.24, 2.45) is 5.73 Å². The quantitative estimate of drug-likeness (QED) is 0.106. The van der Waals surface area contributed by atoms with Crippen LogP contribution in [0.3, 0.4) is 0 Å². The first-order valence-electron chi connectivity index (χ1n) is 17.1. The van der Waals surface area contributed by atoms with E-state index in [1.165, 1.54) is 34.6 Å². The number of carbonyl (C=O) groups is 1. The lowest BCUT2D eigenvalue weighted by Crippen LogP contribution is -2.41. The molecule has 1 atom stereocenters. The van der Waals surface area contributed by atoms with E-state index < -0.39 is 41.3 Å². The van der Waals surface area contributed by atoms with E-state index in [4.69, 9.17) is 24.2 Å². The number of amides is 1. The number of rotatable bonds is 12. The molecule has 1 amide bonds. The van der Waals surface area contributed by atoms with Crippen molar-refractivity contribution in [3.8, 4) is 11.5 Å². The summed E-state index contributed by atoms with van der Waals surface area (Å²) in [7, 11) is -0.859. The molecule has 4 aromatic carbocycles. The van der Waals surface area contributed by atoms with Crippen molar-refractivity contribution in [2.45, 2.75) is 70.5 Å². The van der Waals surface area contributed by atoms with Crippen LogP contribution in [0.5, 0.6) is 11.5 Å². The second-order valence-corrected chi connectivity index (χ2v) is 15.2. The molecule has 2 aliphatic rings. The Hall–Kier alpha value is -4.56. The summed E-state index contributed by atoms with van der Waals surface area (Å²) < 4.78 is 79.4. The lowest BCUT2D eigenvalue weighted by molar-refractivity contribution is 0.00578. The van der Waals surface area contributed by atoms with E-state index in [-0.39, 0.29) is 42.1 Å². The van der Waals surface area contributed by atoms with Crippen LogP contribution in [0.25, 0.3) is 11.0 Å². The molecule has 7 rings (SSSR count). The van der Waals surface area contributed by atoms with Gasteiger partial charge in [-0.2, -0.15) is 0 Å². The van der Waals surface area contributed by atoms with Crippen molar-refractivity contribution in [1.29, 1.82) is 0 Å². The number of anilines is 1. The van der Waals surface area contributed by atoms with Crippen molar-refractivity contribution in [1.82, 2.24) is 0 Å². The molecule has 9 nitrogen and oxygen atoms in total. The standard InChI is InChI=1S/C39H39BF2N2O7S/c1-38(2)39(3,4)51-40(50-38)31-16-7-24(19-32(31)42)17-18-44(52(46)47)33-22-34-30(21-29(33)25-8-9-25)36(37(43)45)35(49-34)20-23-5-12-27(13-6-23)48-28-14-10-26(41)11-15-28/h5-7,10-16,19,21-22,25H,8-9,17-18,20H2,1-4H3,(H2,43,45)(H,46,47)/p-1. The molecule has 2 fully saturated rings. The van der Waals surface area contributed by atoms with Crippen LogP contribution in [0, 0.1) is 11.6 Å². The molecule has 270 valence electrons. The first-order chi connectivity index (χ1) is 24.7. The second-order valence-electron chi connectivity index (χ2n) is 14.3. The number of ether oxygens (including phenoxy) is 1. The number of carbonyl (C=O) groups excluding carboxylic acids is 1. The van der Waals surface area contributed by atoms with E-state index in [1.54, 1.807) is 30.3 Å². The number of nitrogens with zero attached hydrogens (tertiary/aromatic N) is 1. The fourth-order valence-electron chi connectivity index (χ4n) is 6.42. The first kappa shape index (κ1) is 35.8. The van der Waals surface area contributed by atoms with Crippen LogP contribution in [0.4, 0.5) is 14.5 Å². The number of nitrogens with two attached hydrogens (primary N) is 1. The minimum atomic E-state index is -2.67. The highest BCUT2D eigenvalue weighted by Gasteiger charge is 2.52. The Kier molecular flexibility index (Phi) is 9.49. The summed E-state index contributed by atoms with van der Waals surface area (Å²) in [5.74, 6) is -0.0284. The third kappa shape index (κ3) is 7.23. The number of primary amides is 1. The molecule has 1 aliphatic carbocycles. The fourth-order valence-corrected chi connectivity index (χ4v) is 6.98. The topological polar surface area (TPSA) is 127 Å². The number of halogens is 2. The minimum absolute atomic E-state index is 0.0409. The van der Waals surface area contributed by atoms with Crippen LogP contribution in [0.2, 0.25) is 0 Å². The summed E-state index contributed by atoms with van der Waals surface area (Å²) in [5.41, 5.74) is 8.12. The van der Waals surface area contributed by atoms with Gasteiger partial charge in [0.05, 0.1) is 22.5 Å². The van der Waals surface area contributed by atoms with Crippen LogP contribution in [-0.4, -0.2) is 39.5 Å². The summed E-state index contributed by atoms with van der Waals surface area (Å²) >= 11 is -2.67. The SMILES string of the molecule is CC1(C)OB(c2ccc(CCN(c3cc4oc(Cc5ccc(Oc6ccc(F)cc6)cc5)c(C(N)=O)c4cc3C3CC3)S(=O)[O-])cc2F)OC1(C)C. The third-order valence-corrected chi connectivity index (χ3v) is 10.9. The normalized spacial score (nSPS) is 17.0. The third-order valence-electron chi connectivity index (χ3n) is 10.1. The van der Waals surface area contributed by atoms with Crippen molar-refractivity contribution >= 4 is 46.4 Å². The molecule has 1 saturated carbocycles. The molecule has 1 aliphatic heterocycles. The van der Waals surface area contributed by atoms with E-state index in [0.717, 1.165) is 24.0 Å². The Morgan fingerprint density at radius 1 is 0.942 bits per heavy atom. The van der Waals surface area contributed by atoms with Crippen LogP contribution in [-0.2, 0) is 33.4 Å². The Bertz CT molecular complexity index is 2150. The molecule has 52 heavy (non-hydrogen) atoms. The summed E-state index contributed by atoms with van der Waals surface area (Å²) in [6.07, 6.45) is 2.20. The predicted octanol–water partition coefficient (Wildman–Crippen LogP) is 7.21. The van der Waals surface area contributed by atoms with Gasteiger partial charge in [0.25, 0.3) is 5.91 Å². The highest BCUT2D eigenvalue weighted by molar-refractivity contribution is 7.80. The van der Waals surface area contributed by atoms with Gasteiger partial charge < -0.3 is 33.1 Å². The summed E-state index contributed by atoms with van der Waals surface area (Å²) in [5, 5.41) is 0.515. The van der Waals surface area contributed by atoms with Crippen molar-refractivity contribution in [3.63, 3.8) is 0 Å². The van der Waals surface area contributed by atoms with Gasteiger partial charge in [0.1, 0.15) is 34.5 Å². The molecule has 2 N–H and O–H groups in total. The number of furan rings is 1. The summed E-state index contributed by atoms with van der Waals surface area (Å²) in [6.45, 7) is 7.64. The van der Waals surface area contributed by atoms with Gasteiger partial charge in [-0.3, -0.25) is 9.00 Å². The maximum Gasteiger partial charge on any atom is 0.497 e. The summed E-state index contributed by atoms with van der Waals surface area (Å²) in [6, 6.07) is 21.1. The Morgan fingerprint density at radius 3 is 2.13 bits per heavy atom. The molecule has 5 aromatic rings. The van der Waals surface area contributed by atoms with Gasteiger partial charge in [-0.15, -0.1) is 0 Å². The lowest BCUT2D eigenvalue weighted by atomic mass is 9.78. The molecule has 2 heterocycles. The highest BCUT2D eigenvalue weighted by Crippen LogP contribution is 2.47. The molecule has 1 unspecified atom stereocenters. The van der Waals surface area contributed by atoms with Crippen molar-refractivity contribution in [2.75, 3.05) is 10.8 Å². The number of fused-ring (bicyclic) bond motifs is 1. The Labute approximate surface area is 303 Å². The predicted molar refractivity (Wildman–Crippen MR) is 195 cm³/mol. The van der Waals surface area contributed by atoms with Crippen LogP contribution in [0.1, 0.15) is 79.3 Å². The number of benzene rings is 4. The van der Waals surface area contributed by atoms with Crippen molar-refractivity contribution in [3.05, 3.63) is 119 Å². The zero-order valence-corrected chi connectivity index (χ0v) is 30.1. The monoisotopic (exact) mass is 727 g/mol. The Morgan fingerprint density at radius 2 is 1.56 bits per heavy atom. The van der Waals surface area contributed by atoms with Gasteiger partial charge in [0.2, 0.25) is 0 Å². The molecular formula is C39H38BF2N2O7S-. The van der Waals surface area contributed by atoms with Crippen LogP contribution >= 0.6 is 0 Å². The van der Waals surface area contributed by atoms with E-state index >= 15 is 4.39 Å². The van der Waals surface area contributed by atoms with Gasteiger partial charge in [-0.1, -0.05) is 24.3 Å². The first-order valence-corrected chi connectivity index (χ1v) is 18.1. The second kappa shape index (κ2) is 13.8. The molecular weight excluding hydrogens is 689 g/mol. The number of hydrogen-bond donors (Lipinski definition) is 1. The van der Waals surface area contributed by atoms with E-state index in [2.05, 4.69) is 0 Å². The van der Waals surface area contributed by atoms with Gasteiger partial charge in [0, 0.05) is 41.1 Å². The van der Waals surface area contributed by atoms with Crippen LogP contribution < -0.4 is 20.2 Å². The highest BCUT2D eigenvalue weighted by atomic mass is 32.2. The van der Waals surface area contributed by atoms with Gasteiger partial charge in [0.15, 0.2) is 0 Å². The fraction of sp³-hybridized carbons (Fsp3) is 0.308. The molecule has 0 spiro atoms. The van der Waals surface area contributed by atoms with Crippen LogP contribution in [0.15, 0.2) is 83.3 Å². The smallest absolute Gasteiger partial charge is 0.497 e. The van der Waals surface area contributed by atoms with E-state index in [9.17, 15) is 17.9 Å². The minimum Gasteiger partial charge on any atom is -0.755 e. The molecule has 13 heteroatoms. The lowest BCUT2D eigenvalue weighted by Gasteiger charge is -2.32. The molecule has 0 bridgehead atoms. The maximum absolute atomic E-state index is 15.4. The molecule has 1 aromatic heterocycles. The molecule has 1 saturated heterocycles. The van der Waals surface area contributed by atoms with Gasteiger partial charge >= 0.3 is 7.12 Å². The largest absolute Gasteiger partial charge is 0.755 e. The Balaban J connectivity index is 1.13. The maximum atomic E-state index is 15.4. The van der Waals surface area contributed by atoms with E-state index in [0.29, 0.717) is 39.5 Å². The van der Waals surface area contributed by atoms with E-state index in [1.807, 2.05) is 45.9 Å². The van der Waals surface area contributed by atoms with Gasteiger partial charge in [-0.05, 0) is 118 Å². The average Bonchev–Trinajstić information content (AvgIpc) is 3.82. The zero-order chi connectivity index (χ0) is 36.9.